The number of hydrogen-bond donors (Lipinski definition) is 2. The maximum Gasteiger partial charge on any atom is 0.241 e. The zero-order valence-electron chi connectivity index (χ0n) is 14.2. The van der Waals surface area contributed by atoms with E-state index in [-0.39, 0.29) is 12.1 Å². The highest BCUT2D eigenvalue weighted by atomic mass is 16.5. The van der Waals surface area contributed by atoms with E-state index in [0.29, 0.717) is 18.5 Å². The molecule has 0 aliphatic heterocycles. The summed E-state index contributed by atoms with van der Waals surface area (Å²) in [4.78, 5) is 4.37. The van der Waals surface area contributed by atoms with E-state index < -0.39 is 0 Å². The minimum Gasteiger partial charge on any atom is -0.393 e. The number of aromatic nitrogens is 3. The number of rotatable bonds is 5. The molecule has 1 atom stereocenters. The summed E-state index contributed by atoms with van der Waals surface area (Å²) in [7, 11) is 1.67. The summed E-state index contributed by atoms with van der Waals surface area (Å²) in [6, 6.07) is 2.15. The highest BCUT2D eigenvalue weighted by molar-refractivity contribution is 5.63. The van der Waals surface area contributed by atoms with Crippen molar-refractivity contribution in [2.75, 3.05) is 19.0 Å². The number of aliphatic hydroxyl groups is 1. The van der Waals surface area contributed by atoms with Crippen LogP contribution in [0.25, 0.3) is 5.52 Å². The molecule has 2 aromatic heterocycles. The van der Waals surface area contributed by atoms with E-state index in [0.717, 1.165) is 42.5 Å². The number of terminal acetylenes is 1. The monoisotopic (exact) mass is 328 g/mol. The molecule has 1 saturated carbocycles. The zero-order chi connectivity index (χ0) is 17.1. The summed E-state index contributed by atoms with van der Waals surface area (Å²) in [6.45, 7) is 2.60. The molecule has 1 aliphatic rings. The van der Waals surface area contributed by atoms with Crippen molar-refractivity contribution < 1.29 is 9.84 Å². The fourth-order valence-corrected chi connectivity index (χ4v) is 3.37. The number of anilines is 1. The number of aliphatic hydroxyl groups excluding tert-OH is 1. The minimum absolute atomic E-state index is 0.114. The van der Waals surface area contributed by atoms with Crippen molar-refractivity contribution in [3.63, 3.8) is 0 Å². The molecule has 0 aromatic carbocycles. The molecule has 1 fully saturated rings. The molecule has 128 valence electrons. The van der Waals surface area contributed by atoms with Crippen LogP contribution in [0.1, 0.15) is 49.8 Å². The lowest BCUT2D eigenvalue weighted by Gasteiger charge is -2.25. The molecule has 0 radical (unpaired) electrons. The highest BCUT2D eigenvalue weighted by Gasteiger charge is 2.25. The predicted octanol–water partition coefficient (Wildman–Crippen LogP) is 2.18. The first-order valence-electron chi connectivity index (χ1n) is 8.41. The second-order valence-corrected chi connectivity index (χ2v) is 6.51. The van der Waals surface area contributed by atoms with Crippen LogP contribution in [-0.2, 0) is 4.74 Å². The van der Waals surface area contributed by atoms with Gasteiger partial charge in [0.15, 0.2) is 0 Å². The van der Waals surface area contributed by atoms with Crippen LogP contribution in [0, 0.1) is 12.3 Å². The van der Waals surface area contributed by atoms with Gasteiger partial charge in [-0.2, -0.15) is 0 Å². The number of methoxy groups -OCH3 is 1. The lowest BCUT2D eigenvalue weighted by Crippen LogP contribution is -2.23. The number of fused-ring (bicyclic) bond motifs is 1. The van der Waals surface area contributed by atoms with Crippen LogP contribution in [0.15, 0.2) is 12.3 Å². The molecule has 1 aliphatic carbocycles. The largest absolute Gasteiger partial charge is 0.393 e. The van der Waals surface area contributed by atoms with Crippen LogP contribution in [0.3, 0.4) is 0 Å². The molecule has 0 unspecified atom stereocenters. The number of nitrogens with zero attached hydrogens (tertiary/aromatic N) is 3. The van der Waals surface area contributed by atoms with Gasteiger partial charge in [0, 0.05) is 24.8 Å². The van der Waals surface area contributed by atoms with Crippen molar-refractivity contribution in [1.82, 2.24) is 14.6 Å². The summed E-state index contributed by atoms with van der Waals surface area (Å²) >= 11 is 0. The molecule has 2 heterocycles. The van der Waals surface area contributed by atoms with E-state index in [4.69, 9.17) is 11.2 Å². The van der Waals surface area contributed by atoms with Gasteiger partial charge in [0.05, 0.1) is 30.0 Å². The lowest BCUT2D eigenvalue weighted by atomic mass is 9.85. The van der Waals surface area contributed by atoms with Gasteiger partial charge in [0.25, 0.3) is 0 Å². The van der Waals surface area contributed by atoms with Crippen molar-refractivity contribution in [3.05, 3.63) is 23.5 Å². The Morgan fingerprint density at radius 3 is 2.88 bits per heavy atom. The Hall–Kier alpha value is -2.10. The van der Waals surface area contributed by atoms with E-state index in [2.05, 4.69) is 21.3 Å². The fraction of sp³-hybridized carbons (Fsp3) is 0.556. The summed E-state index contributed by atoms with van der Waals surface area (Å²) in [5, 5.41) is 17.6. The Labute approximate surface area is 142 Å². The Morgan fingerprint density at radius 2 is 2.21 bits per heavy atom. The Bertz CT molecular complexity index is 741. The van der Waals surface area contributed by atoms with Crippen LogP contribution < -0.4 is 5.32 Å². The van der Waals surface area contributed by atoms with Crippen molar-refractivity contribution in [1.29, 1.82) is 0 Å². The maximum atomic E-state index is 9.75. The molecule has 2 N–H and O–H groups in total. The van der Waals surface area contributed by atoms with E-state index in [1.807, 2.05) is 17.5 Å². The van der Waals surface area contributed by atoms with Gasteiger partial charge in [-0.25, -0.2) is 9.50 Å². The zero-order valence-corrected chi connectivity index (χ0v) is 14.2. The number of hydrogen-bond acceptors (Lipinski definition) is 5. The Kier molecular flexibility index (Phi) is 5.03. The van der Waals surface area contributed by atoms with Crippen molar-refractivity contribution >= 4 is 11.5 Å². The van der Waals surface area contributed by atoms with Gasteiger partial charge in [-0.3, -0.25) is 0 Å². The molecule has 6 nitrogen and oxygen atoms in total. The smallest absolute Gasteiger partial charge is 0.241 e. The van der Waals surface area contributed by atoms with E-state index in [1.54, 1.807) is 13.3 Å². The van der Waals surface area contributed by atoms with Gasteiger partial charge in [-0.05, 0) is 38.7 Å². The van der Waals surface area contributed by atoms with Crippen LogP contribution in [-0.4, -0.2) is 45.6 Å². The first-order valence-corrected chi connectivity index (χ1v) is 8.41. The second kappa shape index (κ2) is 7.20. The molecule has 0 saturated heterocycles. The molecular weight excluding hydrogens is 304 g/mol. The molecule has 0 amide bonds. The van der Waals surface area contributed by atoms with Crippen LogP contribution >= 0.6 is 0 Å². The van der Waals surface area contributed by atoms with E-state index in [1.165, 1.54) is 0 Å². The van der Waals surface area contributed by atoms with Gasteiger partial charge in [0.2, 0.25) is 5.95 Å². The maximum absolute atomic E-state index is 9.75. The Balaban J connectivity index is 1.94. The lowest BCUT2D eigenvalue weighted by molar-refractivity contribution is 0.121. The molecule has 24 heavy (non-hydrogen) atoms. The topological polar surface area (TPSA) is 71.7 Å². The summed E-state index contributed by atoms with van der Waals surface area (Å²) in [5.74, 6) is 3.65. The molecule has 6 heteroatoms. The fourth-order valence-electron chi connectivity index (χ4n) is 3.37. The second-order valence-electron chi connectivity index (χ2n) is 6.51. The van der Waals surface area contributed by atoms with Gasteiger partial charge >= 0.3 is 0 Å². The standard InChI is InChI=1S/C18H24N4O2/c1-4-13-9-16(14-5-7-15(23)8-6-14)22-17(13)10-19-18(21-22)20-12(2)11-24-3/h1,9-10,12,14-15,23H,5-8,11H2,2-3H3,(H,20,21)/t12-,14-,15-/m0/s1. The first-order chi connectivity index (χ1) is 11.6. The van der Waals surface area contributed by atoms with Crippen molar-refractivity contribution in [2.24, 2.45) is 0 Å². The Morgan fingerprint density at radius 1 is 1.46 bits per heavy atom. The predicted molar refractivity (Wildman–Crippen MR) is 93.1 cm³/mol. The van der Waals surface area contributed by atoms with Crippen molar-refractivity contribution in [2.45, 2.75) is 50.7 Å². The highest BCUT2D eigenvalue weighted by Crippen LogP contribution is 2.34. The van der Waals surface area contributed by atoms with Crippen LogP contribution in [0.2, 0.25) is 0 Å². The molecular formula is C18H24N4O2. The first kappa shape index (κ1) is 16.7. The summed E-state index contributed by atoms with van der Waals surface area (Å²) < 4.78 is 7.05. The SMILES string of the molecule is C#Cc1cc([C@H]2CC[C@H](O)CC2)n2nc(N[C@@H](C)COC)ncc12. The average Bonchev–Trinajstić information content (AvgIpc) is 2.94. The minimum atomic E-state index is -0.179. The van der Waals surface area contributed by atoms with Gasteiger partial charge < -0.3 is 15.2 Å². The molecule has 2 aromatic rings. The van der Waals surface area contributed by atoms with Gasteiger partial charge in [-0.15, -0.1) is 11.5 Å². The van der Waals surface area contributed by atoms with Crippen molar-refractivity contribution in [3.8, 4) is 12.3 Å². The van der Waals surface area contributed by atoms with Gasteiger partial charge in [-0.1, -0.05) is 5.92 Å². The molecule has 0 bridgehead atoms. The van der Waals surface area contributed by atoms with E-state index >= 15 is 0 Å². The third kappa shape index (κ3) is 3.37. The normalized spacial score (nSPS) is 22.2. The number of ether oxygens (including phenoxy) is 1. The van der Waals surface area contributed by atoms with E-state index in [9.17, 15) is 5.11 Å². The molecule has 0 spiro atoms. The van der Waals surface area contributed by atoms with Crippen LogP contribution in [0.4, 0.5) is 5.95 Å². The van der Waals surface area contributed by atoms with Crippen LogP contribution in [0.5, 0.6) is 0 Å². The summed E-state index contributed by atoms with van der Waals surface area (Å²) in [6.07, 6.45) is 10.8. The third-order valence-electron chi connectivity index (χ3n) is 4.61. The summed E-state index contributed by atoms with van der Waals surface area (Å²) in [5.41, 5.74) is 2.77. The third-order valence-corrected chi connectivity index (χ3v) is 4.61. The number of nitrogens with one attached hydrogen (secondary N) is 1. The quantitative estimate of drug-likeness (QED) is 0.823. The average molecular weight is 328 g/mol. The van der Waals surface area contributed by atoms with Gasteiger partial charge in [0.1, 0.15) is 0 Å². The molecule has 3 rings (SSSR count).